The predicted molar refractivity (Wildman–Crippen MR) is 70.5 cm³/mol. The van der Waals surface area contributed by atoms with E-state index in [1.807, 2.05) is 0 Å². The van der Waals surface area contributed by atoms with Crippen molar-refractivity contribution in [2.75, 3.05) is 13.7 Å². The van der Waals surface area contributed by atoms with Crippen molar-refractivity contribution in [3.05, 3.63) is 47.5 Å². The zero-order valence-electron chi connectivity index (χ0n) is 11.0. The van der Waals surface area contributed by atoms with E-state index in [0.717, 1.165) is 25.2 Å². The number of nitrogens with zero attached hydrogens (tertiary/aromatic N) is 3. The van der Waals surface area contributed by atoms with E-state index in [0.29, 0.717) is 6.61 Å². The summed E-state index contributed by atoms with van der Waals surface area (Å²) in [4.78, 5) is 0. The summed E-state index contributed by atoms with van der Waals surface area (Å²) in [6, 6.07) is 8.63. The van der Waals surface area contributed by atoms with Crippen LogP contribution in [-0.2, 0) is 24.1 Å². The molecular weight excluding hydrogens is 226 g/mol. The summed E-state index contributed by atoms with van der Waals surface area (Å²) in [6.07, 6.45) is 3.67. The number of hydrogen-bond donors (Lipinski definition) is 0. The van der Waals surface area contributed by atoms with E-state index < -0.39 is 0 Å². The summed E-state index contributed by atoms with van der Waals surface area (Å²) >= 11 is 0. The van der Waals surface area contributed by atoms with Gasteiger partial charge in [-0.2, -0.15) is 0 Å². The van der Waals surface area contributed by atoms with Crippen LogP contribution in [0.5, 0.6) is 0 Å². The van der Waals surface area contributed by atoms with Gasteiger partial charge in [0.15, 0.2) is 0 Å². The third-order valence-corrected chi connectivity index (χ3v) is 2.99. The molecule has 0 aliphatic heterocycles. The Balaban J connectivity index is 1.93. The van der Waals surface area contributed by atoms with E-state index in [2.05, 4.69) is 46.0 Å². The Labute approximate surface area is 108 Å². The molecule has 0 saturated heterocycles. The van der Waals surface area contributed by atoms with Crippen molar-refractivity contribution in [2.24, 2.45) is 0 Å². The molecule has 4 nitrogen and oxygen atoms in total. The molecule has 4 heteroatoms. The van der Waals surface area contributed by atoms with Crippen LogP contribution < -0.4 is 0 Å². The minimum atomic E-state index is 0.690. The smallest absolute Gasteiger partial charge is 0.133 e. The third kappa shape index (κ3) is 3.40. The molecule has 2 rings (SSSR count). The van der Waals surface area contributed by atoms with Gasteiger partial charge in [-0.15, -0.1) is 10.2 Å². The van der Waals surface area contributed by atoms with E-state index in [-0.39, 0.29) is 0 Å². The first-order valence-corrected chi connectivity index (χ1v) is 6.21. The summed E-state index contributed by atoms with van der Waals surface area (Å²) in [6.45, 7) is 3.60. The van der Waals surface area contributed by atoms with Crippen LogP contribution in [-0.4, -0.2) is 28.5 Å². The average Bonchev–Trinajstić information content (AvgIpc) is 2.83. The predicted octanol–water partition coefficient (Wildman–Crippen LogP) is 2.02. The highest BCUT2D eigenvalue weighted by atomic mass is 16.5. The molecule has 1 aromatic carbocycles. The van der Waals surface area contributed by atoms with Gasteiger partial charge in [-0.25, -0.2) is 0 Å². The standard InChI is InChI=1S/C14H19N3O/c1-12-3-5-13(6-4-12)7-8-14-16-15-11-17(14)9-10-18-2/h3-6,11H,7-10H2,1-2H3. The molecule has 2 aromatic rings. The highest BCUT2D eigenvalue weighted by molar-refractivity contribution is 5.21. The van der Waals surface area contributed by atoms with Crippen LogP contribution in [0.1, 0.15) is 17.0 Å². The summed E-state index contributed by atoms with van der Waals surface area (Å²) in [5, 5.41) is 8.12. The lowest BCUT2D eigenvalue weighted by molar-refractivity contribution is 0.186. The van der Waals surface area contributed by atoms with E-state index in [9.17, 15) is 0 Å². The van der Waals surface area contributed by atoms with Crippen molar-refractivity contribution < 1.29 is 4.74 Å². The minimum absolute atomic E-state index is 0.690. The molecule has 0 spiro atoms. The minimum Gasteiger partial charge on any atom is -0.383 e. The van der Waals surface area contributed by atoms with Crippen molar-refractivity contribution in [2.45, 2.75) is 26.3 Å². The molecule has 0 radical (unpaired) electrons. The number of methoxy groups -OCH3 is 1. The Kier molecular flexibility index (Phi) is 4.47. The average molecular weight is 245 g/mol. The molecule has 96 valence electrons. The van der Waals surface area contributed by atoms with Crippen molar-refractivity contribution in [3.8, 4) is 0 Å². The second-order valence-electron chi connectivity index (χ2n) is 4.42. The lowest BCUT2D eigenvalue weighted by Crippen LogP contribution is -2.08. The van der Waals surface area contributed by atoms with E-state index in [1.54, 1.807) is 13.4 Å². The van der Waals surface area contributed by atoms with Gasteiger partial charge < -0.3 is 9.30 Å². The SMILES string of the molecule is COCCn1cnnc1CCc1ccc(C)cc1. The van der Waals surface area contributed by atoms with E-state index >= 15 is 0 Å². The van der Waals surface area contributed by atoms with Gasteiger partial charge in [0.05, 0.1) is 6.61 Å². The normalized spacial score (nSPS) is 10.8. The Morgan fingerprint density at radius 3 is 2.67 bits per heavy atom. The van der Waals surface area contributed by atoms with Gasteiger partial charge in [0.25, 0.3) is 0 Å². The van der Waals surface area contributed by atoms with Crippen LogP contribution in [0, 0.1) is 6.92 Å². The van der Waals surface area contributed by atoms with Gasteiger partial charge in [0, 0.05) is 20.1 Å². The van der Waals surface area contributed by atoms with Crippen molar-refractivity contribution in [1.82, 2.24) is 14.8 Å². The molecular formula is C14H19N3O. The van der Waals surface area contributed by atoms with Gasteiger partial charge >= 0.3 is 0 Å². The van der Waals surface area contributed by atoms with Crippen LogP contribution in [0.4, 0.5) is 0 Å². The second kappa shape index (κ2) is 6.31. The van der Waals surface area contributed by atoms with Crippen molar-refractivity contribution in [3.63, 3.8) is 0 Å². The highest BCUT2D eigenvalue weighted by Gasteiger charge is 2.04. The number of ether oxygens (including phenoxy) is 1. The lowest BCUT2D eigenvalue weighted by Gasteiger charge is -2.06. The molecule has 0 N–H and O–H groups in total. The Morgan fingerprint density at radius 2 is 1.94 bits per heavy atom. The fraction of sp³-hybridized carbons (Fsp3) is 0.429. The van der Waals surface area contributed by atoms with E-state index in [1.165, 1.54) is 11.1 Å². The Hall–Kier alpha value is -1.68. The molecule has 0 fully saturated rings. The summed E-state index contributed by atoms with van der Waals surface area (Å²) in [5.74, 6) is 1.02. The number of rotatable bonds is 6. The zero-order chi connectivity index (χ0) is 12.8. The molecule has 0 unspecified atom stereocenters. The third-order valence-electron chi connectivity index (χ3n) is 2.99. The van der Waals surface area contributed by atoms with Gasteiger partial charge in [-0.05, 0) is 18.9 Å². The molecule has 18 heavy (non-hydrogen) atoms. The number of hydrogen-bond acceptors (Lipinski definition) is 3. The fourth-order valence-corrected chi connectivity index (χ4v) is 1.86. The molecule has 0 bridgehead atoms. The monoisotopic (exact) mass is 245 g/mol. The van der Waals surface area contributed by atoms with Gasteiger partial charge in [-0.1, -0.05) is 29.8 Å². The summed E-state index contributed by atoms with van der Waals surface area (Å²) < 4.78 is 7.12. The largest absolute Gasteiger partial charge is 0.383 e. The second-order valence-corrected chi connectivity index (χ2v) is 4.42. The summed E-state index contributed by atoms with van der Waals surface area (Å²) in [7, 11) is 1.70. The molecule has 0 amide bonds. The van der Waals surface area contributed by atoms with Crippen LogP contribution in [0.15, 0.2) is 30.6 Å². The first-order valence-electron chi connectivity index (χ1n) is 6.21. The van der Waals surface area contributed by atoms with Gasteiger partial charge in [0.2, 0.25) is 0 Å². The number of benzene rings is 1. The maximum atomic E-state index is 5.07. The Bertz CT molecular complexity index is 476. The van der Waals surface area contributed by atoms with Crippen molar-refractivity contribution in [1.29, 1.82) is 0 Å². The van der Waals surface area contributed by atoms with E-state index in [4.69, 9.17) is 4.74 Å². The number of aromatic nitrogens is 3. The highest BCUT2D eigenvalue weighted by Crippen LogP contribution is 2.07. The fourth-order valence-electron chi connectivity index (χ4n) is 1.86. The molecule has 1 aromatic heterocycles. The van der Waals surface area contributed by atoms with Crippen LogP contribution in [0.25, 0.3) is 0 Å². The Morgan fingerprint density at radius 1 is 1.17 bits per heavy atom. The topological polar surface area (TPSA) is 39.9 Å². The molecule has 0 aliphatic rings. The summed E-state index contributed by atoms with van der Waals surface area (Å²) in [5.41, 5.74) is 2.63. The molecule has 0 aliphatic carbocycles. The molecule has 0 saturated carbocycles. The quantitative estimate of drug-likeness (QED) is 0.781. The van der Waals surface area contributed by atoms with Gasteiger partial charge in [-0.3, -0.25) is 0 Å². The van der Waals surface area contributed by atoms with Crippen LogP contribution in [0.2, 0.25) is 0 Å². The molecule has 0 atom stereocenters. The lowest BCUT2D eigenvalue weighted by atomic mass is 10.1. The van der Waals surface area contributed by atoms with Gasteiger partial charge in [0.1, 0.15) is 12.2 Å². The molecule has 1 heterocycles. The maximum Gasteiger partial charge on any atom is 0.133 e. The first kappa shape index (κ1) is 12.8. The van der Waals surface area contributed by atoms with Crippen LogP contribution >= 0.6 is 0 Å². The first-order chi connectivity index (χ1) is 8.79. The number of aryl methyl sites for hydroxylation is 3. The van der Waals surface area contributed by atoms with Crippen molar-refractivity contribution >= 4 is 0 Å². The zero-order valence-corrected chi connectivity index (χ0v) is 11.0. The maximum absolute atomic E-state index is 5.07. The van der Waals surface area contributed by atoms with Crippen LogP contribution in [0.3, 0.4) is 0 Å².